The van der Waals surface area contributed by atoms with E-state index in [1.807, 2.05) is 12.1 Å². The van der Waals surface area contributed by atoms with Crippen LogP contribution in [0.3, 0.4) is 0 Å². The molecule has 3 nitrogen and oxygen atoms in total. The Morgan fingerprint density at radius 3 is 2.25 bits per heavy atom. The summed E-state index contributed by atoms with van der Waals surface area (Å²) in [6.45, 7) is 8.61. The van der Waals surface area contributed by atoms with Crippen molar-refractivity contribution >= 4 is 5.88 Å². The SMILES string of the molecule is CC1(C)CC(O)CC(C)(C)N1c1ccco1. The van der Waals surface area contributed by atoms with Crippen LogP contribution in [-0.4, -0.2) is 22.3 Å². The lowest BCUT2D eigenvalue weighted by Gasteiger charge is -2.54. The van der Waals surface area contributed by atoms with Crippen molar-refractivity contribution in [3.63, 3.8) is 0 Å². The molecule has 1 aromatic heterocycles. The molecule has 0 bridgehead atoms. The molecule has 0 spiro atoms. The molecule has 1 aliphatic heterocycles. The molecule has 1 fully saturated rings. The molecule has 3 heteroatoms. The highest BCUT2D eigenvalue weighted by Gasteiger charge is 2.45. The summed E-state index contributed by atoms with van der Waals surface area (Å²) < 4.78 is 5.52. The molecular formula is C13H21NO2. The lowest BCUT2D eigenvalue weighted by Crippen LogP contribution is -2.62. The van der Waals surface area contributed by atoms with Crippen LogP contribution in [-0.2, 0) is 0 Å². The Labute approximate surface area is 97.1 Å². The number of aliphatic hydroxyl groups excluding tert-OH is 1. The molecule has 0 atom stereocenters. The molecule has 1 N–H and O–H groups in total. The number of nitrogens with zero attached hydrogens (tertiary/aromatic N) is 1. The van der Waals surface area contributed by atoms with Gasteiger partial charge in [0.25, 0.3) is 0 Å². The van der Waals surface area contributed by atoms with Crippen LogP contribution in [0.1, 0.15) is 40.5 Å². The topological polar surface area (TPSA) is 36.6 Å². The summed E-state index contributed by atoms with van der Waals surface area (Å²) in [5.74, 6) is 0.891. The van der Waals surface area contributed by atoms with Gasteiger partial charge in [-0.15, -0.1) is 0 Å². The zero-order valence-electron chi connectivity index (χ0n) is 10.5. The maximum Gasteiger partial charge on any atom is 0.196 e. The average Bonchev–Trinajstić information content (AvgIpc) is 2.50. The Kier molecular flexibility index (Phi) is 2.54. The molecular weight excluding hydrogens is 202 g/mol. The van der Waals surface area contributed by atoms with Crippen LogP contribution in [0.4, 0.5) is 5.88 Å². The molecule has 1 saturated heterocycles. The minimum atomic E-state index is -0.226. The number of aliphatic hydroxyl groups is 1. The van der Waals surface area contributed by atoms with Gasteiger partial charge in [0.2, 0.25) is 0 Å². The summed E-state index contributed by atoms with van der Waals surface area (Å²) >= 11 is 0. The van der Waals surface area contributed by atoms with Gasteiger partial charge in [0.05, 0.1) is 12.4 Å². The molecule has 16 heavy (non-hydrogen) atoms. The standard InChI is InChI=1S/C13H21NO2/c1-12(2)8-10(15)9-13(3,4)14(12)11-6-5-7-16-11/h5-7,10,15H,8-9H2,1-4H3. The van der Waals surface area contributed by atoms with Gasteiger partial charge in [-0.3, -0.25) is 0 Å². The Morgan fingerprint density at radius 2 is 1.81 bits per heavy atom. The fourth-order valence-electron chi connectivity index (χ4n) is 3.22. The minimum absolute atomic E-state index is 0.0843. The minimum Gasteiger partial charge on any atom is -0.449 e. The highest BCUT2D eigenvalue weighted by atomic mass is 16.3. The van der Waals surface area contributed by atoms with E-state index in [4.69, 9.17) is 4.42 Å². The van der Waals surface area contributed by atoms with Crippen molar-refractivity contribution in [3.05, 3.63) is 18.4 Å². The van der Waals surface area contributed by atoms with E-state index in [0.29, 0.717) is 0 Å². The van der Waals surface area contributed by atoms with Crippen LogP contribution in [0.5, 0.6) is 0 Å². The number of hydrogen-bond acceptors (Lipinski definition) is 3. The number of anilines is 1. The quantitative estimate of drug-likeness (QED) is 0.795. The van der Waals surface area contributed by atoms with Crippen molar-refractivity contribution in [1.29, 1.82) is 0 Å². The highest BCUT2D eigenvalue weighted by Crippen LogP contribution is 2.41. The van der Waals surface area contributed by atoms with E-state index in [9.17, 15) is 5.11 Å². The lowest BCUT2D eigenvalue weighted by atomic mass is 9.78. The second-order valence-electron chi connectivity index (χ2n) is 5.97. The maximum atomic E-state index is 9.94. The Bertz CT molecular complexity index is 336. The van der Waals surface area contributed by atoms with Crippen LogP contribution >= 0.6 is 0 Å². The summed E-state index contributed by atoms with van der Waals surface area (Å²) in [7, 11) is 0. The second kappa shape index (κ2) is 3.52. The molecule has 0 aromatic carbocycles. The summed E-state index contributed by atoms with van der Waals surface area (Å²) in [6.07, 6.45) is 3.03. The molecule has 90 valence electrons. The highest BCUT2D eigenvalue weighted by molar-refractivity contribution is 5.43. The smallest absolute Gasteiger partial charge is 0.196 e. The molecule has 1 aliphatic rings. The largest absolute Gasteiger partial charge is 0.449 e. The van der Waals surface area contributed by atoms with Gasteiger partial charge in [-0.2, -0.15) is 0 Å². The van der Waals surface area contributed by atoms with Gasteiger partial charge in [0.15, 0.2) is 5.88 Å². The first-order valence-electron chi connectivity index (χ1n) is 5.85. The monoisotopic (exact) mass is 223 g/mol. The van der Waals surface area contributed by atoms with E-state index in [2.05, 4.69) is 32.6 Å². The fraction of sp³-hybridized carbons (Fsp3) is 0.692. The van der Waals surface area contributed by atoms with E-state index in [0.717, 1.165) is 18.7 Å². The first kappa shape index (κ1) is 11.5. The van der Waals surface area contributed by atoms with Crippen molar-refractivity contribution in [2.24, 2.45) is 0 Å². The zero-order valence-corrected chi connectivity index (χ0v) is 10.5. The van der Waals surface area contributed by atoms with Crippen molar-refractivity contribution in [3.8, 4) is 0 Å². The zero-order chi connectivity index (χ0) is 12.0. The molecule has 1 aromatic rings. The molecule has 2 rings (SSSR count). The van der Waals surface area contributed by atoms with Crippen molar-refractivity contribution in [2.45, 2.75) is 57.7 Å². The van der Waals surface area contributed by atoms with Crippen LogP contribution in [0, 0.1) is 0 Å². The maximum absolute atomic E-state index is 9.94. The Hall–Kier alpha value is -0.960. The van der Waals surface area contributed by atoms with Crippen molar-refractivity contribution in [1.82, 2.24) is 0 Å². The van der Waals surface area contributed by atoms with Gasteiger partial charge in [0, 0.05) is 17.1 Å². The lowest BCUT2D eigenvalue weighted by molar-refractivity contribution is 0.0619. The van der Waals surface area contributed by atoms with Gasteiger partial charge in [-0.05, 0) is 46.6 Å². The van der Waals surface area contributed by atoms with Crippen LogP contribution < -0.4 is 4.90 Å². The first-order valence-corrected chi connectivity index (χ1v) is 5.85. The van der Waals surface area contributed by atoms with Crippen LogP contribution in [0.15, 0.2) is 22.8 Å². The third kappa shape index (κ3) is 1.84. The third-order valence-electron chi connectivity index (χ3n) is 3.41. The Morgan fingerprint density at radius 1 is 1.25 bits per heavy atom. The van der Waals surface area contributed by atoms with Gasteiger partial charge in [-0.1, -0.05) is 0 Å². The first-order chi connectivity index (χ1) is 7.33. The third-order valence-corrected chi connectivity index (χ3v) is 3.41. The van der Waals surface area contributed by atoms with E-state index in [-0.39, 0.29) is 17.2 Å². The second-order valence-corrected chi connectivity index (χ2v) is 5.97. The van der Waals surface area contributed by atoms with Crippen molar-refractivity contribution in [2.75, 3.05) is 4.90 Å². The summed E-state index contributed by atoms with van der Waals surface area (Å²) in [5, 5.41) is 9.94. The van der Waals surface area contributed by atoms with E-state index < -0.39 is 0 Å². The molecule has 2 heterocycles. The number of furan rings is 1. The average molecular weight is 223 g/mol. The summed E-state index contributed by atoms with van der Waals surface area (Å²) in [5.41, 5.74) is -0.169. The molecule has 0 radical (unpaired) electrons. The van der Waals surface area contributed by atoms with Gasteiger partial charge in [-0.25, -0.2) is 0 Å². The van der Waals surface area contributed by atoms with Crippen LogP contribution in [0.2, 0.25) is 0 Å². The number of rotatable bonds is 1. The van der Waals surface area contributed by atoms with Gasteiger partial charge >= 0.3 is 0 Å². The number of piperidine rings is 1. The van der Waals surface area contributed by atoms with E-state index in [1.54, 1.807) is 6.26 Å². The van der Waals surface area contributed by atoms with Gasteiger partial charge < -0.3 is 14.4 Å². The van der Waals surface area contributed by atoms with E-state index in [1.165, 1.54) is 0 Å². The predicted molar refractivity (Wildman–Crippen MR) is 64.6 cm³/mol. The van der Waals surface area contributed by atoms with Crippen LogP contribution in [0.25, 0.3) is 0 Å². The normalized spacial score (nSPS) is 24.7. The summed E-state index contributed by atoms with van der Waals surface area (Å²) in [4.78, 5) is 2.28. The van der Waals surface area contributed by atoms with Crippen molar-refractivity contribution < 1.29 is 9.52 Å². The molecule has 0 aliphatic carbocycles. The predicted octanol–water partition coefficient (Wildman–Crippen LogP) is 2.80. The summed E-state index contributed by atoms with van der Waals surface area (Å²) in [6, 6.07) is 3.90. The Balaban J connectivity index is 2.39. The molecule has 0 saturated carbocycles. The fourth-order valence-corrected chi connectivity index (χ4v) is 3.22. The van der Waals surface area contributed by atoms with E-state index >= 15 is 0 Å². The number of hydrogen-bond donors (Lipinski definition) is 1. The van der Waals surface area contributed by atoms with Gasteiger partial charge in [0.1, 0.15) is 0 Å². The molecule has 0 unspecified atom stereocenters. The molecule has 0 amide bonds.